The number of halogens is 2. The van der Waals surface area contributed by atoms with Crippen LogP contribution in [-0.2, 0) is 23.1 Å². The molecule has 3 aromatic heterocycles. The lowest BCUT2D eigenvalue weighted by molar-refractivity contribution is -0.116. The smallest absolute Gasteiger partial charge is 0.263 e. The van der Waals surface area contributed by atoms with E-state index in [2.05, 4.69) is 15.3 Å². The molecule has 214 valence electrons. The van der Waals surface area contributed by atoms with Gasteiger partial charge in [0, 0.05) is 43.5 Å². The molecule has 13 nitrogen and oxygen atoms in total. The van der Waals surface area contributed by atoms with Crippen LogP contribution in [-0.4, -0.2) is 69.4 Å². The molecule has 2 amide bonds. The van der Waals surface area contributed by atoms with Crippen molar-refractivity contribution in [2.75, 3.05) is 43.6 Å². The van der Waals surface area contributed by atoms with E-state index in [9.17, 15) is 19.5 Å². The number of morpholine rings is 1. The number of nitrogens with zero attached hydrogens (tertiary/aromatic N) is 5. The molecule has 0 spiro atoms. The monoisotopic (exact) mass is 585 g/mol. The topological polar surface area (TPSA) is 167 Å². The summed E-state index contributed by atoms with van der Waals surface area (Å²) >= 11 is 6.30. The third-order valence-corrected chi connectivity index (χ3v) is 6.96. The number of nitrogens with one attached hydrogen (secondary N) is 1. The van der Waals surface area contributed by atoms with Crippen LogP contribution < -0.4 is 26.2 Å². The lowest BCUT2D eigenvalue weighted by Crippen LogP contribution is -2.36. The summed E-state index contributed by atoms with van der Waals surface area (Å²) in [7, 11) is 2.57. The maximum Gasteiger partial charge on any atom is 0.263 e. The van der Waals surface area contributed by atoms with Crippen LogP contribution in [0, 0.1) is 5.82 Å². The summed E-state index contributed by atoms with van der Waals surface area (Å²) < 4.78 is 28.4. The van der Waals surface area contributed by atoms with Gasteiger partial charge in [0.25, 0.3) is 11.5 Å². The fraction of sp³-hybridized carbons (Fsp3) is 0.269. The van der Waals surface area contributed by atoms with E-state index < -0.39 is 40.3 Å². The highest BCUT2D eigenvalue weighted by atomic mass is 35.5. The maximum absolute atomic E-state index is 15.5. The summed E-state index contributed by atoms with van der Waals surface area (Å²) in [5, 5.41) is 13.2. The third-order valence-electron chi connectivity index (χ3n) is 6.66. The zero-order valence-corrected chi connectivity index (χ0v) is 22.7. The number of aromatic hydroxyl groups is 1. The Morgan fingerprint density at radius 1 is 1.24 bits per heavy atom. The number of benzene rings is 1. The number of hydrogen-bond donors (Lipinski definition) is 3. The van der Waals surface area contributed by atoms with Gasteiger partial charge in [-0.3, -0.25) is 14.4 Å². The van der Waals surface area contributed by atoms with Crippen LogP contribution in [0.1, 0.15) is 10.4 Å². The van der Waals surface area contributed by atoms with Gasteiger partial charge in [0.2, 0.25) is 5.91 Å². The fourth-order valence-electron chi connectivity index (χ4n) is 4.62. The Kier molecular flexibility index (Phi) is 7.51. The van der Waals surface area contributed by atoms with Crippen LogP contribution in [0.3, 0.4) is 0 Å². The first kappa shape index (κ1) is 27.9. The number of carbonyl (C=O) groups is 2. The van der Waals surface area contributed by atoms with Gasteiger partial charge in [-0.15, -0.1) is 0 Å². The Hall–Kier alpha value is -4.69. The Bertz CT molecular complexity index is 1750. The maximum atomic E-state index is 15.5. The quantitative estimate of drug-likeness (QED) is 0.293. The van der Waals surface area contributed by atoms with Crippen molar-refractivity contribution in [1.82, 2.24) is 19.1 Å². The van der Waals surface area contributed by atoms with Gasteiger partial charge in [-0.05, 0) is 6.07 Å². The molecule has 5 rings (SSSR count). The molecule has 0 unspecified atom stereocenters. The normalized spacial score (nSPS) is 13.4. The Morgan fingerprint density at radius 2 is 1.98 bits per heavy atom. The summed E-state index contributed by atoms with van der Waals surface area (Å²) in [5.74, 6) is -3.38. The number of carbonyl (C=O) groups excluding carboxylic acids is 2. The number of aryl methyl sites for hydroxylation is 1. The first-order chi connectivity index (χ1) is 19.6. The highest BCUT2D eigenvalue weighted by molar-refractivity contribution is 6.33. The molecule has 1 aliphatic heterocycles. The molecule has 41 heavy (non-hydrogen) atoms. The number of pyridine rings is 1. The average Bonchev–Trinajstić information content (AvgIpc) is 3.30. The molecule has 0 radical (unpaired) electrons. The molecule has 1 aromatic carbocycles. The zero-order chi connectivity index (χ0) is 29.4. The van der Waals surface area contributed by atoms with Gasteiger partial charge in [-0.1, -0.05) is 11.6 Å². The van der Waals surface area contributed by atoms with Crippen LogP contribution in [0.2, 0.25) is 5.02 Å². The van der Waals surface area contributed by atoms with Crippen molar-refractivity contribution in [3.05, 3.63) is 57.6 Å². The van der Waals surface area contributed by atoms with Gasteiger partial charge in [0.15, 0.2) is 17.3 Å². The van der Waals surface area contributed by atoms with E-state index in [0.717, 1.165) is 13.2 Å². The van der Waals surface area contributed by atoms with Gasteiger partial charge >= 0.3 is 0 Å². The molecular formula is C26H25ClFN7O6. The number of fused-ring (bicyclic) bond motifs is 1. The van der Waals surface area contributed by atoms with Gasteiger partial charge < -0.3 is 39.7 Å². The van der Waals surface area contributed by atoms with Crippen molar-refractivity contribution in [2.45, 2.75) is 6.54 Å². The number of phenols is 1. The van der Waals surface area contributed by atoms with Crippen molar-refractivity contribution in [1.29, 1.82) is 0 Å². The largest absolute Gasteiger partial charge is 0.504 e. The van der Waals surface area contributed by atoms with Gasteiger partial charge in [-0.2, -0.15) is 0 Å². The van der Waals surface area contributed by atoms with E-state index in [0.29, 0.717) is 37.8 Å². The summed E-state index contributed by atoms with van der Waals surface area (Å²) in [6, 6.07) is 2.67. The second-order valence-corrected chi connectivity index (χ2v) is 9.64. The SMILES string of the molecule is COc1c(O)c(C(N)=O)cc(-c2cn(CC(=O)Nc3cc(N4CCOCC4)ncc3Cl)c3ncn(C)c(=O)c23)c1F. The van der Waals surface area contributed by atoms with Crippen LogP contribution in [0.25, 0.3) is 22.2 Å². The first-order valence-corrected chi connectivity index (χ1v) is 12.7. The van der Waals surface area contributed by atoms with Crippen molar-refractivity contribution in [2.24, 2.45) is 12.8 Å². The number of methoxy groups -OCH3 is 1. The van der Waals surface area contributed by atoms with Crippen molar-refractivity contribution < 1.29 is 28.6 Å². The first-order valence-electron chi connectivity index (χ1n) is 12.3. The number of aromatic nitrogens is 4. The Morgan fingerprint density at radius 3 is 2.66 bits per heavy atom. The molecule has 0 aliphatic carbocycles. The molecule has 0 bridgehead atoms. The average molecular weight is 586 g/mol. The number of hydrogen-bond acceptors (Lipinski definition) is 9. The number of rotatable bonds is 7. The number of primary amides is 1. The Balaban J connectivity index is 1.55. The minimum atomic E-state index is -1.04. The van der Waals surface area contributed by atoms with Gasteiger partial charge in [0.1, 0.15) is 18.0 Å². The van der Waals surface area contributed by atoms with E-state index in [4.69, 9.17) is 26.8 Å². The van der Waals surface area contributed by atoms with Crippen molar-refractivity contribution in [3.8, 4) is 22.6 Å². The molecular weight excluding hydrogens is 561 g/mol. The summed E-state index contributed by atoms with van der Waals surface area (Å²) in [4.78, 5) is 48.9. The summed E-state index contributed by atoms with van der Waals surface area (Å²) in [5.41, 5.74) is 4.59. The lowest BCUT2D eigenvalue weighted by atomic mass is 10.0. The van der Waals surface area contributed by atoms with E-state index >= 15 is 4.39 Å². The van der Waals surface area contributed by atoms with Crippen molar-refractivity contribution >= 4 is 46.0 Å². The highest BCUT2D eigenvalue weighted by Crippen LogP contribution is 2.41. The zero-order valence-electron chi connectivity index (χ0n) is 22.0. The van der Waals surface area contributed by atoms with Gasteiger partial charge in [0.05, 0.1) is 54.5 Å². The fourth-order valence-corrected chi connectivity index (χ4v) is 4.77. The molecule has 4 heterocycles. The lowest BCUT2D eigenvalue weighted by Gasteiger charge is -2.28. The number of amides is 2. The number of nitrogens with two attached hydrogens (primary N) is 1. The van der Waals surface area contributed by atoms with Crippen LogP contribution in [0.5, 0.6) is 11.5 Å². The second kappa shape index (κ2) is 11.1. The second-order valence-electron chi connectivity index (χ2n) is 9.23. The van der Waals surface area contributed by atoms with Crippen molar-refractivity contribution in [3.63, 3.8) is 0 Å². The summed E-state index contributed by atoms with van der Waals surface area (Å²) in [6.45, 7) is 2.04. The molecule has 1 aliphatic rings. The predicted molar refractivity (Wildman–Crippen MR) is 148 cm³/mol. The molecule has 4 N–H and O–H groups in total. The molecule has 4 aromatic rings. The summed E-state index contributed by atoms with van der Waals surface area (Å²) in [6.07, 6.45) is 4.05. The van der Waals surface area contributed by atoms with E-state index in [1.54, 1.807) is 6.07 Å². The molecule has 15 heteroatoms. The van der Waals surface area contributed by atoms with E-state index in [-0.39, 0.29) is 33.7 Å². The molecule has 1 saturated heterocycles. The minimum absolute atomic E-state index is 0.0105. The van der Waals surface area contributed by atoms with Crippen LogP contribution >= 0.6 is 11.6 Å². The van der Waals surface area contributed by atoms with Gasteiger partial charge in [-0.25, -0.2) is 14.4 Å². The molecule has 1 fully saturated rings. The standard InChI is InChI=1S/C26H25ClFN7O6/c1-33-12-31-25-20(26(33)39)15(13-7-14(24(29)38)22(37)23(40-2)21(13)28)10-35(25)11-19(36)32-17-8-18(30-9-16(17)27)34-3-5-41-6-4-34/h7-10,12,37H,3-6,11H2,1-2H3,(H2,29,38)(H,30,32,36). The van der Waals surface area contributed by atoms with E-state index in [1.807, 2.05) is 4.90 Å². The van der Waals surface area contributed by atoms with Crippen LogP contribution in [0.15, 0.2) is 35.6 Å². The van der Waals surface area contributed by atoms with E-state index in [1.165, 1.54) is 34.9 Å². The molecule has 0 atom stereocenters. The minimum Gasteiger partial charge on any atom is -0.504 e. The Labute approximate surface area is 236 Å². The number of anilines is 2. The predicted octanol–water partition coefficient (Wildman–Crippen LogP) is 1.88. The van der Waals surface area contributed by atoms with Crippen LogP contribution in [0.4, 0.5) is 15.9 Å². The molecule has 0 saturated carbocycles. The number of ether oxygens (including phenoxy) is 2. The highest BCUT2D eigenvalue weighted by Gasteiger charge is 2.26. The third kappa shape index (κ3) is 5.14.